The lowest BCUT2D eigenvalue weighted by molar-refractivity contribution is -0.167. The highest BCUT2D eigenvalue weighted by Gasteiger charge is 2.19. The van der Waals surface area contributed by atoms with Crippen LogP contribution < -0.4 is 0 Å². The van der Waals surface area contributed by atoms with Crippen LogP contribution in [0.15, 0.2) is 158 Å². The van der Waals surface area contributed by atoms with Gasteiger partial charge in [0.25, 0.3) is 0 Å². The average molecular weight is 1120 g/mol. The Hall–Kier alpha value is -4.97. The van der Waals surface area contributed by atoms with E-state index in [2.05, 4.69) is 179 Å². The van der Waals surface area contributed by atoms with E-state index in [1.807, 2.05) is 0 Å². The molecule has 0 N–H and O–H groups in total. The molecule has 0 amide bonds. The molecule has 1 unspecified atom stereocenters. The second-order valence-electron chi connectivity index (χ2n) is 21.3. The fourth-order valence-electron chi connectivity index (χ4n) is 8.62. The van der Waals surface area contributed by atoms with Gasteiger partial charge in [-0.15, -0.1) is 0 Å². The fraction of sp³-hybridized carbons (Fsp3) is 0.613. The number of hydrogen-bond acceptors (Lipinski definition) is 6. The largest absolute Gasteiger partial charge is 0.462 e. The minimum Gasteiger partial charge on any atom is -0.462 e. The predicted octanol–water partition coefficient (Wildman–Crippen LogP) is 22.9. The highest BCUT2D eigenvalue weighted by molar-refractivity contribution is 5.71. The zero-order chi connectivity index (χ0) is 58.5. The third-order valence-corrected chi connectivity index (χ3v) is 13.5. The molecule has 81 heavy (non-hydrogen) atoms. The van der Waals surface area contributed by atoms with Crippen LogP contribution in [-0.4, -0.2) is 37.2 Å². The topological polar surface area (TPSA) is 78.9 Å². The summed E-state index contributed by atoms with van der Waals surface area (Å²) in [6.07, 6.45) is 98.2. The third-order valence-electron chi connectivity index (χ3n) is 13.5. The summed E-state index contributed by atoms with van der Waals surface area (Å²) in [4.78, 5) is 38.4. The molecule has 0 rings (SSSR count). The molecule has 0 radical (unpaired) electrons. The van der Waals surface area contributed by atoms with Gasteiger partial charge in [0.1, 0.15) is 13.2 Å². The normalized spacial score (nSPS) is 13.2. The first-order valence-corrected chi connectivity index (χ1v) is 33.0. The molecule has 0 saturated carbocycles. The van der Waals surface area contributed by atoms with Gasteiger partial charge in [0.15, 0.2) is 6.10 Å². The van der Waals surface area contributed by atoms with E-state index < -0.39 is 6.10 Å². The smallest absolute Gasteiger partial charge is 0.306 e. The lowest BCUT2D eigenvalue weighted by Gasteiger charge is -2.18. The van der Waals surface area contributed by atoms with Gasteiger partial charge in [0.2, 0.25) is 0 Å². The van der Waals surface area contributed by atoms with Crippen molar-refractivity contribution in [3.8, 4) is 0 Å². The fourth-order valence-corrected chi connectivity index (χ4v) is 8.62. The van der Waals surface area contributed by atoms with Crippen molar-refractivity contribution in [1.82, 2.24) is 0 Å². The van der Waals surface area contributed by atoms with Crippen LogP contribution in [0, 0.1) is 0 Å². The van der Waals surface area contributed by atoms with Crippen LogP contribution in [-0.2, 0) is 28.6 Å². The summed E-state index contributed by atoms with van der Waals surface area (Å²) in [5, 5.41) is 0. The van der Waals surface area contributed by atoms with E-state index in [4.69, 9.17) is 14.2 Å². The molecular formula is C75H120O6. The zero-order valence-corrected chi connectivity index (χ0v) is 52.2. The molecule has 0 bridgehead atoms. The minimum absolute atomic E-state index is 0.104. The SMILES string of the molecule is CC/C=C\C/C=C\C/C=C\C/C=C\C/C=C\C/C=C\CCCCCCCCCCCCC(=O)OCC(COC(=O)CCCCCCC/C=C\C/C=C\CCCCC)OC(=O)CCCCC/C=C\C/C=C\C/C=C\C/C=C\C/C=C\CC. The molecule has 0 fully saturated rings. The van der Waals surface area contributed by atoms with E-state index in [1.54, 1.807) is 0 Å². The van der Waals surface area contributed by atoms with E-state index in [0.717, 1.165) is 161 Å². The summed E-state index contributed by atoms with van der Waals surface area (Å²) in [6.45, 7) is 6.35. The molecule has 1 atom stereocenters. The summed E-state index contributed by atoms with van der Waals surface area (Å²) >= 11 is 0. The van der Waals surface area contributed by atoms with Crippen molar-refractivity contribution in [2.24, 2.45) is 0 Å². The molecule has 0 aromatic rings. The van der Waals surface area contributed by atoms with Crippen LogP contribution in [0.5, 0.6) is 0 Å². The number of unbranched alkanes of at least 4 members (excludes halogenated alkanes) is 21. The Balaban J connectivity index is 4.41. The van der Waals surface area contributed by atoms with E-state index >= 15 is 0 Å². The first-order chi connectivity index (χ1) is 40.0. The van der Waals surface area contributed by atoms with Crippen molar-refractivity contribution in [2.75, 3.05) is 13.2 Å². The van der Waals surface area contributed by atoms with E-state index in [9.17, 15) is 14.4 Å². The van der Waals surface area contributed by atoms with Crippen molar-refractivity contribution in [1.29, 1.82) is 0 Å². The molecule has 0 saturated heterocycles. The summed E-state index contributed by atoms with van der Waals surface area (Å²) in [5.74, 6) is -0.955. The number of rotatable bonds is 58. The van der Waals surface area contributed by atoms with Gasteiger partial charge in [-0.2, -0.15) is 0 Å². The van der Waals surface area contributed by atoms with Crippen molar-refractivity contribution >= 4 is 17.9 Å². The number of carbonyl (C=O) groups excluding carboxylic acids is 3. The molecule has 6 nitrogen and oxygen atoms in total. The lowest BCUT2D eigenvalue weighted by Crippen LogP contribution is -2.30. The van der Waals surface area contributed by atoms with E-state index in [0.29, 0.717) is 19.3 Å². The van der Waals surface area contributed by atoms with Crippen molar-refractivity contribution in [3.05, 3.63) is 158 Å². The molecule has 0 aliphatic carbocycles. The number of hydrogen-bond donors (Lipinski definition) is 0. The van der Waals surface area contributed by atoms with Crippen LogP contribution in [0.25, 0.3) is 0 Å². The molecule has 0 aliphatic heterocycles. The Morgan fingerprint density at radius 2 is 0.481 bits per heavy atom. The second kappa shape index (κ2) is 67.5. The van der Waals surface area contributed by atoms with Crippen molar-refractivity contribution < 1.29 is 28.6 Å². The standard InChI is InChI=1S/C75H120O6/c1-4-7-10-13-16-19-22-25-28-30-32-33-34-35-36-37-38-39-40-41-43-44-47-50-53-56-59-62-65-68-74(77)80-71-72(70-79-73(76)67-64-61-58-55-52-49-46-27-24-21-18-15-12-9-6-3)81-75(78)69-66-63-60-57-54-51-48-45-42-31-29-26-23-20-17-14-11-8-5-2/h7-8,10-11,16-21,25-29,32-33,35-36,38-39,42,45-46,51,54,72H,4-6,9,12-15,22-24,30-31,34,37,40-41,43-44,47-50,52-53,55-71H2,1-3H3/b10-7-,11-8-,19-16-,20-17-,21-18-,28-25-,29-26-,33-32-,36-35-,39-38-,45-42-,46-27-,54-51-. The summed E-state index contributed by atoms with van der Waals surface area (Å²) in [6, 6.07) is 0. The van der Waals surface area contributed by atoms with Gasteiger partial charge < -0.3 is 14.2 Å². The van der Waals surface area contributed by atoms with E-state index in [1.165, 1.54) is 70.6 Å². The number of allylic oxidation sites excluding steroid dienone is 26. The maximum atomic E-state index is 12.9. The maximum Gasteiger partial charge on any atom is 0.306 e. The van der Waals surface area contributed by atoms with Gasteiger partial charge in [0, 0.05) is 19.3 Å². The van der Waals surface area contributed by atoms with Gasteiger partial charge in [0.05, 0.1) is 0 Å². The summed E-state index contributed by atoms with van der Waals surface area (Å²) in [5.41, 5.74) is 0. The van der Waals surface area contributed by atoms with Crippen LogP contribution in [0.4, 0.5) is 0 Å². The quantitative estimate of drug-likeness (QED) is 0.0261. The third kappa shape index (κ3) is 65.7. The van der Waals surface area contributed by atoms with Crippen LogP contribution in [0.3, 0.4) is 0 Å². The summed E-state index contributed by atoms with van der Waals surface area (Å²) in [7, 11) is 0. The monoisotopic (exact) mass is 1120 g/mol. The van der Waals surface area contributed by atoms with Crippen LogP contribution >= 0.6 is 0 Å². The Morgan fingerprint density at radius 3 is 0.765 bits per heavy atom. The molecule has 6 heteroatoms. The first-order valence-electron chi connectivity index (χ1n) is 33.0. The Labute approximate surface area is 499 Å². The van der Waals surface area contributed by atoms with Gasteiger partial charge in [-0.05, 0) is 148 Å². The molecule has 0 aliphatic rings. The lowest BCUT2D eigenvalue weighted by atomic mass is 10.1. The van der Waals surface area contributed by atoms with Gasteiger partial charge >= 0.3 is 17.9 Å². The first kappa shape index (κ1) is 76.0. The van der Waals surface area contributed by atoms with Gasteiger partial charge in [-0.1, -0.05) is 269 Å². The van der Waals surface area contributed by atoms with E-state index in [-0.39, 0.29) is 37.5 Å². The van der Waals surface area contributed by atoms with Crippen LogP contribution in [0.2, 0.25) is 0 Å². The number of ether oxygens (including phenoxy) is 3. The van der Waals surface area contributed by atoms with Crippen molar-refractivity contribution in [2.45, 2.75) is 284 Å². The Bertz CT molecular complexity index is 1810. The van der Waals surface area contributed by atoms with Gasteiger partial charge in [-0.25, -0.2) is 0 Å². The highest BCUT2D eigenvalue weighted by atomic mass is 16.6. The number of carbonyl (C=O) groups is 3. The molecule has 0 aromatic heterocycles. The molecular weight excluding hydrogens is 997 g/mol. The Kier molecular flexibility index (Phi) is 63.4. The van der Waals surface area contributed by atoms with Crippen LogP contribution in [0.1, 0.15) is 278 Å². The molecule has 456 valence electrons. The molecule has 0 spiro atoms. The maximum absolute atomic E-state index is 12.9. The predicted molar refractivity (Wildman–Crippen MR) is 352 cm³/mol. The molecule has 0 aromatic carbocycles. The zero-order valence-electron chi connectivity index (χ0n) is 52.2. The highest BCUT2D eigenvalue weighted by Crippen LogP contribution is 2.15. The Morgan fingerprint density at radius 1 is 0.259 bits per heavy atom. The van der Waals surface area contributed by atoms with Gasteiger partial charge in [-0.3, -0.25) is 14.4 Å². The number of esters is 3. The van der Waals surface area contributed by atoms with Crippen molar-refractivity contribution in [3.63, 3.8) is 0 Å². The average Bonchev–Trinajstić information content (AvgIpc) is 3.47. The summed E-state index contributed by atoms with van der Waals surface area (Å²) < 4.78 is 16.9. The molecule has 0 heterocycles. The second-order valence-corrected chi connectivity index (χ2v) is 21.3. The minimum atomic E-state index is -0.812.